The van der Waals surface area contributed by atoms with Crippen molar-refractivity contribution in [1.29, 1.82) is 0 Å². The monoisotopic (exact) mass is 302 g/mol. The van der Waals surface area contributed by atoms with Crippen LogP contribution in [0.15, 0.2) is 0 Å². The van der Waals surface area contributed by atoms with E-state index in [0.717, 1.165) is 13.1 Å². The number of hydroxylamine groups is 2. The van der Waals surface area contributed by atoms with Gasteiger partial charge < -0.3 is 20.1 Å². The first-order chi connectivity index (χ1) is 7.36. The normalized spacial score (nSPS) is 18.2. The van der Waals surface area contributed by atoms with Crippen molar-refractivity contribution in [3.8, 4) is 0 Å². The molecule has 0 aliphatic heterocycles. The molecule has 0 atom stereocenters. The third-order valence-electron chi connectivity index (χ3n) is 3.54. The molecule has 1 aliphatic carbocycles. The first-order valence-electron chi connectivity index (χ1n) is 6.00. The molecule has 0 saturated heterocycles. The number of hydrogen-bond acceptors (Lipinski definition) is 2. The second-order valence-corrected chi connectivity index (χ2v) is 4.26. The Kier molecular flexibility index (Phi) is 20.0. The van der Waals surface area contributed by atoms with Crippen molar-refractivity contribution in [3.05, 3.63) is 44.4 Å². The van der Waals surface area contributed by atoms with Gasteiger partial charge in [0.25, 0.3) is 0 Å². The molecule has 2 nitrogen and oxygen atoms in total. The van der Waals surface area contributed by atoms with Gasteiger partial charge in [-0.25, -0.2) is 0 Å². The fourth-order valence-electron chi connectivity index (χ4n) is 1.63. The van der Waals surface area contributed by atoms with E-state index in [9.17, 15) is 0 Å². The van der Waals surface area contributed by atoms with E-state index in [1.165, 1.54) is 34.7 Å². The maximum Gasteiger partial charge on any atom is 3.00 e. The summed E-state index contributed by atoms with van der Waals surface area (Å²) in [4.78, 5) is 0. The van der Waals surface area contributed by atoms with Crippen LogP contribution in [0.4, 0.5) is 0 Å². The average Bonchev–Trinajstić information content (AvgIpc) is 2.47. The second kappa shape index (κ2) is 13.6. The van der Waals surface area contributed by atoms with Crippen molar-refractivity contribution in [2.75, 3.05) is 13.1 Å². The Hall–Kier alpha value is 0.634. The molecule has 19 heavy (non-hydrogen) atoms. The van der Waals surface area contributed by atoms with E-state index in [0.29, 0.717) is 0 Å². The Morgan fingerprint density at radius 3 is 0.895 bits per heavy atom. The number of hydrogen-bond donors (Lipinski definition) is 1. The summed E-state index contributed by atoms with van der Waals surface area (Å²) in [5.74, 6) is 7.34. The topological polar surface area (TPSA) is 23.5 Å². The maximum absolute atomic E-state index is 8.50. The van der Waals surface area contributed by atoms with Crippen LogP contribution in [0.3, 0.4) is 0 Å². The van der Waals surface area contributed by atoms with Crippen molar-refractivity contribution in [2.45, 2.75) is 48.5 Å². The van der Waals surface area contributed by atoms with Gasteiger partial charge in [0.2, 0.25) is 0 Å². The Bertz CT molecular complexity index is 141. The molecule has 0 amide bonds. The molecule has 0 bridgehead atoms. The van der Waals surface area contributed by atoms with E-state index in [-0.39, 0.29) is 36.6 Å². The van der Waals surface area contributed by atoms with Gasteiger partial charge in [-0.1, -0.05) is 48.5 Å². The second-order valence-electron chi connectivity index (χ2n) is 4.26. The molecule has 3 heteroatoms. The fraction of sp³-hybridized carbons (Fsp3) is 0.562. The van der Waals surface area contributed by atoms with E-state index in [4.69, 9.17) is 5.21 Å². The minimum Gasteiger partial charge on any atom is -0.358 e. The summed E-state index contributed by atoms with van der Waals surface area (Å²) >= 11 is 0. The quantitative estimate of drug-likeness (QED) is 0.458. The summed E-state index contributed by atoms with van der Waals surface area (Å²) in [6, 6.07) is 0. The molecular formula is C16H32NOTi+. The number of nitrogens with zero attached hydrogens (tertiary/aromatic N) is 1. The van der Waals surface area contributed by atoms with Crippen LogP contribution in [0, 0.1) is 44.4 Å². The minimum atomic E-state index is 0. The van der Waals surface area contributed by atoms with Crippen molar-refractivity contribution in [3.63, 3.8) is 0 Å². The third kappa shape index (κ3) is 8.50. The Labute approximate surface area is 138 Å². The Balaban J connectivity index is -0.000000112. The summed E-state index contributed by atoms with van der Waals surface area (Å²) in [6.45, 7) is 16.2. The van der Waals surface area contributed by atoms with Crippen molar-refractivity contribution < 1.29 is 26.9 Å². The van der Waals surface area contributed by atoms with E-state index in [1.54, 1.807) is 0 Å². The van der Waals surface area contributed by atoms with Crippen LogP contribution in [0.2, 0.25) is 0 Å². The van der Waals surface area contributed by atoms with E-state index < -0.39 is 0 Å². The molecular weight excluding hydrogens is 270 g/mol. The average molecular weight is 302 g/mol. The first kappa shape index (κ1) is 27.9. The molecule has 1 rings (SSSR count). The van der Waals surface area contributed by atoms with Gasteiger partial charge in [-0.3, -0.25) is 0 Å². The van der Waals surface area contributed by atoms with E-state index in [1.807, 2.05) is 13.8 Å². The van der Waals surface area contributed by atoms with Gasteiger partial charge in [0.1, 0.15) is 0 Å². The summed E-state index contributed by atoms with van der Waals surface area (Å²) in [6.07, 6.45) is 0. The van der Waals surface area contributed by atoms with Crippen molar-refractivity contribution in [1.82, 2.24) is 5.06 Å². The van der Waals surface area contributed by atoms with Crippen LogP contribution in [-0.2, 0) is 21.7 Å². The van der Waals surface area contributed by atoms with Crippen molar-refractivity contribution >= 4 is 0 Å². The zero-order chi connectivity index (χ0) is 12.9. The molecule has 0 unspecified atom stereocenters. The van der Waals surface area contributed by atoms with Gasteiger partial charge in [0.15, 0.2) is 0 Å². The third-order valence-corrected chi connectivity index (χ3v) is 3.54. The van der Waals surface area contributed by atoms with Gasteiger partial charge in [-0.15, -0.1) is 0 Å². The molecule has 1 N–H and O–H groups in total. The molecule has 1 fully saturated rings. The summed E-state index contributed by atoms with van der Waals surface area (Å²) in [5.41, 5.74) is 0. The van der Waals surface area contributed by atoms with Gasteiger partial charge in [0.05, 0.1) is 0 Å². The van der Waals surface area contributed by atoms with Crippen LogP contribution >= 0.6 is 0 Å². The van der Waals surface area contributed by atoms with Crippen LogP contribution in [0.1, 0.15) is 48.5 Å². The molecule has 1 saturated carbocycles. The zero-order valence-corrected chi connectivity index (χ0v) is 15.9. The first-order valence-corrected chi connectivity index (χ1v) is 6.00. The predicted molar refractivity (Wildman–Crippen MR) is 82.1 cm³/mol. The SMILES string of the molecule is CCN(O)CC.C[C]1[C](C)[C](C)[C](C)[C]1C.[CH3-].[CH3-].[Ti+3]. The molecule has 1 aliphatic rings. The molecule has 0 heterocycles. The summed E-state index contributed by atoms with van der Waals surface area (Å²) in [7, 11) is 0. The van der Waals surface area contributed by atoms with Crippen molar-refractivity contribution in [2.24, 2.45) is 0 Å². The largest absolute Gasteiger partial charge is 3.00 e. The van der Waals surface area contributed by atoms with E-state index >= 15 is 0 Å². The standard InChI is InChI=1S/C10H15.C4H11NO.2CH3.Ti/c1-6-7(2)9(4)10(5)8(6)3;1-3-5(6)4-2;;;/h1-5H3;6H,3-4H2,1-2H3;2*1H3;/q;;2*-1;+3. The van der Waals surface area contributed by atoms with Crippen LogP contribution in [-0.4, -0.2) is 23.4 Å². The Morgan fingerprint density at radius 1 is 0.684 bits per heavy atom. The summed E-state index contributed by atoms with van der Waals surface area (Å²) in [5, 5.41) is 9.75. The summed E-state index contributed by atoms with van der Waals surface area (Å²) < 4.78 is 0. The molecule has 110 valence electrons. The Morgan fingerprint density at radius 2 is 0.842 bits per heavy atom. The number of rotatable bonds is 2. The van der Waals surface area contributed by atoms with Crippen LogP contribution in [0.5, 0.6) is 0 Å². The van der Waals surface area contributed by atoms with Gasteiger partial charge in [0, 0.05) is 13.1 Å². The zero-order valence-electron chi connectivity index (χ0n) is 14.3. The fourth-order valence-corrected chi connectivity index (χ4v) is 1.63. The minimum absolute atomic E-state index is 0. The smallest absolute Gasteiger partial charge is 0.358 e. The molecule has 0 spiro atoms. The maximum atomic E-state index is 8.50. The van der Waals surface area contributed by atoms with E-state index in [2.05, 4.69) is 34.6 Å². The van der Waals surface area contributed by atoms with Crippen LogP contribution < -0.4 is 0 Å². The van der Waals surface area contributed by atoms with Gasteiger partial charge in [-0.05, 0) is 29.6 Å². The van der Waals surface area contributed by atoms with Crippen LogP contribution in [0.25, 0.3) is 0 Å². The molecule has 0 aromatic heterocycles. The molecule has 0 aromatic carbocycles. The molecule has 6 radical (unpaired) electrons. The van der Waals surface area contributed by atoms with Gasteiger partial charge >= 0.3 is 21.7 Å². The van der Waals surface area contributed by atoms with Gasteiger partial charge in [-0.2, -0.15) is 5.06 Å². The molecule has 0 aromatic rings. The predicted octanol–water partition coefficient (Wildman–Crippen LogP) is 4.59.